The second-order valence-corrected chi connectivity index (χ2v) is 9.87. The molecular weight excluding hydrogens is 458 g/mol. The van der Waals surface area contributed by atoms with Gasteiger partial charge in [0.2, 0.25) is 5.91 Å². The number of aliphatic imine (C=N–C) groups is 1. The summed E-state index contributed by atoms with van der Waals surface area (Å²) in [4.78, 5) is 33.2. The molecular formula is C28H31N3O3S. The topological polar surface area (TPSA) is 71.0 Å². The molecule has 2 aromatic rings. The zero-order valence-corrected chi connectivity index (χ0v) is 21.4. The summed E-state index contributed by atoms with van der Waals surface area (Å²) in [5.41, 5.74) is 4.78. The highest BCUT2D eigenvalue weighted by atomic mass is 32.2. The molecule has 1 atom stereocenters. The van der Waals surface area contributed by atoms with Gasteiger partial charge in [-0.2, -0.15) is 0 Å². The van der Waals surface area contributed by atoms with E-state index in [1.54, 1.807) is 6.92 Å². The minimum atomic E-state index is -0.462. The highest BCUT2D eigenvalue weighted by molar-refractivity contribution is 8.16. The second kappa shape index (κ2) is 11.0. The van der Waals surface area contributed by atoms with E-state index in [1.165, 1.54) is 11.8 Å². The summed E-state index contributed by atoms with van der Waals surface area (Å²) in [5.74, 6) is -0.0868. The molecule has 0 aliphatic carbocycles. The number of carbonyl (C=O) groups excluding carboxylic acids is 2. The lowest BCUT2D eigenvalue weighted by atomic mass is 9.90. The summed E-state index contributed by atoms with van der Waals surface area (Å²) in [5, 5.41) is 5.71. The molecule has 0 bridgehead atoms. The molecule has 7 heteroatoms. The van der Waals surface area contributed by atoms with E-state index in [4.69, 9.17) is 9.73 Å². The predicted octanol–water partition coefficient (Wildman–Crippen LogP) is 5.43. The van der Waals surface area contributed by atoms with Crippen LogP contribution >= 0.6 is 11.8 Å². The van der Waals surface area contributed by atoms with Gasteiger partial charge in [0.15, 0.2) is 5.17 Å². The van der Waals surface area contributed by atoms with E-state index in [0.717, 1.165) is 27.6 Å². The van der Waals surface area contributed by atoms with Gasteiger partial charge in [-0.3, -0.25) is 4.79 Å². The van der Waals surface area contributed by atoms with Gasteiger partial charge < -0.3 is 15.0 Å². The van der Waals surface area contributed by atoms with Gasteiger partial charge in [0.1, 0.15) is 0 Å². The number of carbonyl (C=O) groups is 2. The monoisotopic (exact) mass is 489 g/mol. The molecule has 2 aromatic carbocycles. The van der Waals surface area contributed by atoms with Gasteiger partial charge in [-0.25, -0.2) is 9.79 Å². The van der Waals surface area contributed by atoms with Gasteiger partial charge in [0.05, 0.1) is 30.3 Å². The molecule has 6 nitrogen and oxygen atoms in total. The van der Waals surface area contributed by atoms with Crippen LogP contribution in [0.15, 0.2) is 76.3 Å². The third-order valence-electron chi connectivity index (χ3n) is 5.76. The van der Waals surface area contributed by atoms with Crippen molar-refractivity contribution in [3.8, 4) is 0 Å². The fourth-order valence-electron chi connectivity index (χ4n) is 4.19. The summed E-state index contributed by atoms with van der Waals surface area (Å²) in [6.07, 6.45) is 0.206. The van der Waals surface area contributed by atoms with Gasteiger partial charge in [0.25, 0.3) is 0 Å². The van der Waals surface area contributed by atoms with E-state index in [-0.39, 0.29) is 18.9 Å². The molecule has 2 aliphatic rings. The average Bonchev–Trinajstić information content (AvgIpc) is 3.24. The summed E-state index contributed by atoms with van der Waals surface area (Å²) >= 11 is 1.48. The zero-order valence-electron chi connectivity index (χ0n) is 20.6. The smallest absolute Gasteiger partial charge is 0.338 e. The maximum absolute atomic E-state index is 13.5. The number of aryl methyl sites for hydroxylation is 1. The number of ether oxygens (including phenoxy) is 1. The third kappa shape index (κ3) is 5.51. The van der Waals surface area contributed by atoms with Crippen molar-refractivity contribution < 1.29 is 14.3 Å². The number of benzene rings is 2. The number of hydrogen-bond acceptors (Lipinski definition) is 6. The molecule has 0 unspecified atom stereocenters. The van der Waals surface area contributed by atoms with E-state index in [0.29, 0.717) is 23.7 Å². The molecule has 2 aliphatic heterocycles. The van der Waals surface area contributed by atoms with Crippen LogP contribution < -0.4 is 5.32 Å². The molecule has 182 valence electrons. The number of rotatable bonds is 8. The number of nitrogens with zero attached hydrogens (tertiary/aromatic N) is 2. The van der Waals surface area contributed by atoms with Crippen LogP contribution in [0.25, 0.3) is 5.70 Å². The molecule has 2 heterocycles. The Bertz CT molecular complexity index is 1200. The summed E-state index contributed by atoms with van der Waals surface area (Å²) in [6.45, 7) is 8.84. The van der Waals surface area contributed by atoms with Crippen LogP contribution in [0.4, 0.5) is 0 Å². The van der Waals surface area contributed by atoms with Crippen molar-refractivity contribution >= 4 is 34.5 Å². The summed E-state index contributed by atoms with van der Waals surface area (Å²) in [6, 6.07) is 17.4. The Labute approximate surface area is 211 Å². The first-order valence-corrected chi connectivity index (χ1v) is 12.8. The first kappa shape index (κ1) is 24.8. The van der Waals surface area contributed by atoms with Crippen molar-refractivity contribution in [3.63, 3.8) is 0 Å². The number of amides is 1. The SMILES string of the molecule is CCOC(=O)C1=C(c2ccccc2)N=C2SC=C(CC(=O)NCC(C)C)N2[C@@H]1c1cccc(C)c1. The minimum Gasteiger partial charge on any atom is -0.463 e. The lowest BCUT2D eigenvalue weighted by Crippen LogP contribution is -2.38. The van der Waals surface area contributed by atoms with Crippen molar-refractivity contribution in [1.82, 2.24) is 10.2 Å². The van der Waals surface area contributed by atoms with E-state index >= 15 is 0 Å². The largest absolute Gasteiger partial charge is 0.463 e. The quantitative estimate of drug-likeness (QED) is 0.501. The van der Waals surface area contributed by atoms with Gasteiger partial charge in [-0.15, -0.1) is 0 Å². The van der Waals surface area contributed by atoms with E-state index in [2.05, 4.69) is 25.2 Å². The highest BCUT2D eigenvalue weighted by Crippen LogP contribution is 2.47. The van der Waals surface area contributed by atoms with Gasteiger partial charge >= 0.3 is 5.97 Å². The predicted molar refractivity (Wildman–Crippen MR) is 141 cm³/mol. The fourth-order valence-corrected chi connectivity index (χ4v) is 5.11. The number of esters is 1. The number of fused-ring (bicyclic) bond motifs is 1. The van der Waals surface area contributed by atoms with Crippen LogP contribution in [0.2, 0.25) is 0 Å². The van der Waals surface area contributed by atoms with Crippen LogP contribution in [0.5, 0.6) is 0 Å². The van der Waals surface area contributed by atoms with E-state index < -0.39 is 12.0 Å². The second-order valence-electron chi connectivity index (χ2n) is 9.03. The first-order valence-electron chi connectivity index (χ1n) is 11.9. The van der Waals surface area contributed by atoms with Crippen LogP contribution in [-0.2, 0) is 14.3 Å². The van der Waals surface area contributed by atoms with Crippen molar-refractivity contribution in [1.29, 1.82) is 0 Å². The minimum absolute atomic E-state index is 0.0506. The average molecular weight is 490 g/mol. The van der Waals surface area contributed by atoms with Crippen LogP contribution in [0.3, 0.4) is 0 Å². The lowest BCUT2D eigenvalue weighted by molar-refractivity contribution is -0.139. The number of nitrogens with one attached hydrogen (secondary N) is 1. The van der Waals surface area contributed by atoms with Gasteiger partial charge in [-0.05, 0) is 30.7 Å². The molecule has 1 amide bonds. The first-order chi connectivity index (χ1) is 16.9. The van der Waals surface area contributed by atoms with Crippen molar-refractivity contribution in [3.05, 3.63) is 88.0 Å². The summed E-state index contributed by atoms with van der Waals surface area (Å²) in [7, 11) is 0. The maximum atomic E-state index is 13.5. The molecule has 0 radical (unpaired) electrons. The van der Waals surface area contributed by atoms with E-state index in [9.17, 15) is 9.59 Å². The number of hydrogen-bond donors (Lipinski definition) is 1. The molecule has 35 heavy (non-hydrogen) atoms. The molecule has 0 saturated carbocycles. The Morgan fingerprint density at radius 2 is 1.91 bits per heavy atom. The molecule has 0 spiro atoms. The van der Waals surface area contributed by atoms with Gasteiger partial charge in [0, 0.05) is 17.8 Å². The highest BCUT2D eigenvalue weighted by Gasteiger charge is 2.42. The van der Waals surface area contributed by atoms with Crippen LogP contribution in [0, 0.1) is 12.8 Å². The van der Waals surface area contributed by atoms with Crippen molar-refractivity contribution in [2.24, 2.45) is 10.9 Å². The van der Waals surface area contributed by atoms with Gasteiger partial charge in [-0.1, -0.05) is 85.8 Å². The standard InChI is InChI=1S/C28H31N3O3S/c1-5-34-27(33)24-25(20-11-7-6-8-12-20)30-28-31(26(24)21-13-9-10-19(4)14-21)22(17-35-28)15-23(32)29-16-18(2)3/h6-14,17-18,26H,5,15-16H2,1-4H3,(H,29,32)/t26-/m1/s1. The number of thioether (sulfide) groups is 1. The fraction of sp³-hybridized carbons (Fsp3) is 0.321. The Morgan fingerprint density at radius 3 is 2.60 bits per heavy atom. The molecule has 0 fully saturated rings. The van der Waals surface area contributed by atoms with E-state index in [1.807, 2.05) is 65.8 Å². The van der Waals surface area contributed by atoms with Crippen LogP contribution in [-0.4, -0.2) is 35.1 Å². The maximum Gasteiger partial charge on any atom is 0.338 e. The summed E-state index contributed by atoms with van der Waals surface area (Å²) < 4.78 is 5.55. The number of amidine groups is 1. The Balaban J connectivity index is 1.83. The Kier molecular flexibility index (Phi) is 7.76. The third-order valence-corrected chi connectivity index (χ3v) is 6.65. The van der Waals surface area contributed by atoms with Crippen molar-refractivity contribution in [2.75, 3.05) is 13.2 Å². The lowest BCUT2D eigenvalue weighted by Gasteiger charge is -2.37. The zero-order chi connectivity index (χ0) is 24.9. The Hall–Kier alpha value is -3.32. The molecule has 0 aromatic heterocycles. The normalized spacial score (nSPS) is 17.2. The van der Waals surface area contributed by atoms with Crippen LogP contribution in [0.1, 0.15) is 49.9 Å². The molecule has 0 saturated heterocycles. The molecule has 4 rings (SSSR count). The van der Waals surface area contributed by atoms with Crippen molar-refractivity contribution in [2.45, 2.75) is 40.2 Å². The molecule has 1 N–H and O–H groups in total. The Morgan fingerprint density at radius 1 is 1.14 bits per heavy atom.